The van der Waals surface area contributed by atoms with E-state index in [1.54, 1.807) is 22.4 Å². The molecule has 0 unspecified atom stereocenters. The van der Waals surface area contributed by atoms with Gasteiger partial charge in [0.05, 0.1) is 13.2 Å². The van der Waals surface area contributed by atoms with Gasteiger partial charge in [0.25, 0.3) is 11.8 Å². The van der Waals surface area contributed by atoms with E-state index in [9.17, 15) is 9.59 Å². The number of nitrogens with zero attached hydrogens (tertiary/aromatic N) is 2. The molecule has 0 aliphatic carbocycles. The highest BCUT2D eigenvalue weighted by Crippen LogP contribution is 2.20. The van der Waals surface area contributed by atoms with E-state index in [4.69, 9.17) is 10.5 Å². The van der Waals surface area contributed by atoms with Crippen molar-refractivity contribution in [1.82, 2.24) is 9.88 Å². The van der Waals surface area contributed by atoms with E-state index in [-0.39, 0.29) is 24.2 Å². The Morgan fingerprint density at radius 1 is 1.35 bits per heavy atom. The topological polar surface area (TPSA) is 97.5 Å². The van der Waals surface area contributed by atoms with Crippen molar-refractivity contribution < 1.29 is 14.3 Å². The highest BCUT2D eigenvalue weighted by molar-refractivity contribution is 7.09. The number of hydrogen-bond donors (Lipinski definition) is 2. The molecule has 2 amide bonds. The third-order valence-corrected chi connectivity index (χ3v) is 4.86. The Bertz CT molecular complexity index is 790. The first-order chi connectivity index (χ1) is 12.1. The summed E-state index contributed by atoms with van der Waals surface area (Å²) in [6.07, 6.45) is 0. The van der Waals surface area contributed by atoms with Crippen molar-refractivity contribution in [3.8, 4) is 0 Å². The summed E-state index contributed by atoms with van der Waals surface area (Å²) >= 11 is 1.35. The molecular weight excluding hydrogens is 376 g/mol. The summed E-state index contributed by atoms with van der Waals surface area (Å²) in [5.74, 6) is -0.368. The zero-order valence-corrected chi connectivity index (χ0v) is 16.0. The van der Waals surface area contributed by atoms with Gasteiger partial charge in [0.1, 0.15) is 10.7 Å². The van der Waals surface area contributed by atoms with E-state index in [2.05, 4.69) is 10.3 Å². The van der Waals surface area contributed by atoms with Crippen molar-refractivity contribution in [2.24, 2.45) is 5.73 Å². The number of nitrogens with one attached hydrogen (secondary N) is 1. The van der Waals surface area contributed by atoms with E-state index < -0.39 is 0 Å². The fourth-order valence-electron chi connectivity index (χ4n) is 2.53. The number of aryl methyl sites for hydroxylation is 1. The molecule has 3 rings (SSSR count). The number of benzene rings is 1. The first kappa shape index (κ1) is 20.3. The molecule has 0 atom stereocenters. The van der Waals surface area contributed by atoms with E-state index >= 15 is 0 Å². The number of carbonyl (C=O) groups excluding carboxylic acids is 2. The number of ether oxygens (including phenoxy) is 1. The largest absolute Gasteiger partial charge is 0.378 e. The highest BCUT2D eigenvalue weighted by Gasteiger charge is 2.20. The van der Waals surface area contributed by atoms with Crippen LogP contribution in [-0.4, -0.2) is 48.0 Å². The normalized spacial score (nSPS) is 13.8. The molecular formula is C17H21ClN4O3S. The van der Waals surface area contributed by atoms with Crippen LogP contribution in [0.4, 0.5) is 5.69 Å². The lowest BCUT2D eigenvalue weighted by Crippen LogP contribution is -2.40. The number of anilines is 1. The standard InChI is InChI=1S/C17H20N4O3S.ClH/c1-11-2-3-12(17(23)21-4-6-24-7-5-21)8-13(11)20-16(22)14-10-25-15(9-18)19-14;/h2-3,8,10H,4-7,9,18H2,1H3,(H,20,22);1H. The molecule has 9 heteroatoms. The molecule has 1 aromatic carbocycles. The van der Waals surface area contributed by atoms with Gasteiger partial charge in [0, 0.05) is 36.3 Å². The number of hydrogen-bond acceptors (Lipinski definition) is 6. The van der Waals surface area contributed by atoms with Crippen LogP contribution in [0.25, 0.3) is 0 Å². The minimum atomic E-state index is -0.310. The van der Waals surface area contributed by atoms with Crippen LogP contribution in [0.2, 0.25) is 0 Å². The zero-order chi connectivity index (χ0) is 17.8. The summed E-state index contributed by atoms with van der Waals surface area (Å²) in [6, 6.07) is 5.31. The first-order valence-electron chi connectivity index (χ1n) is 8.02. The van der Waals surface area contributed by atoms with E-state index in [1.165, 1.54) is 11.3 Å². The van der Waals surface area contributed by atoms with Gasteiger partial charge < -0.3 is 20.7 Å². The van der Waals surface area contributed by atoms with Gasteiger partial charge in [-0.15, -0.1) is 23.7 Å². The molecule has 1 aromatic heterocycles. The predicted molar refractivity (Wildman–Crippen MR) is 103 cm³/mol. The number of morpholine rings is 1. The van der Waals surface area contributed by atoms with Crippen LogP contribution in [0.3, 0.4) is 0 Å². The predicted octanol–water partition coefficient (Wildman–Crippen LogP) is 2.06. The molecule has 1 aliphatic rings. The molecule has 0 bridgehead atoms. The van der Waals surface area contributed by atoms with Crippen molar-refractivity contribution >= 4 is 41.2 Å². The molecule has 7 nitrogen and oxygen atoms in total. The molecule has 1 aliphatic heterocycles. The lowest BCUT2D eigenvalue weighted by molar-refractivity contribution is 0.0303. The number of amides is 2. The Morgan fingerprint density at radius 2 is 2.08 bits per heavy atom. The number of aromatic nitrogens is 1. The van der Waals surface area contributed by atoms with Gasteiger partial charge in [-0.2, -0.15) is 0 Å². The van der Waals surface area contributed by atoms with Gasteiger partial charge >= 0.3 is 0 Å². The number of nitrogens with two attached hydrogens (primary N) is 1. The van der Waals surface area contributed by atoms with Crippen molar-refractivity contribution in [3.63, 3.8) is 0 Å². The molecule has 2 aromatic rings. The molecule has 0 saturated carbocycles. The molecule has 140 valence electrons. The van der Waals surface area contributed by atoms with Crippen molar-refractivity contribution in [2.75, 3.05) is 31.6 Å². The zero-order valence-electron chi connectivity index (χ0n) is 14.4. The Balaban J connectivity index is 0.00000243. The van der Waals surface area contributed by atoms with Crippen LogP contribution in [0.5, 0.6) is 0 Å². The van der Waals surface area contributed by atoms with Crippen molar-refractivity contribution in [3.05, 3.63) is 45.4 Å². The van der Waals surface area contributed by atoms with Crippen molar-refractivity contribution in [1.29, 1.82) is 0 Å². The molecule has 3 N–H and O–H groups in total. The van der Waals surface area contributed by atoms with Crippen LogP contribution in [0, 0.1) is 6.92 Å². The summed E-state index contributed by atoms with van der Waals surface area (Å²) < 4.78 is 5.28. The molecule has 1 fully saturated rings. The van der Waals surface area contributed by atoms with Gasteiger partial charge in [-0.1, -0.05) is 6.07 Å². The maximum atomic E-state index is 12.6. The molecule has 0 radical (unpaired) electrons. The van der Waals surface area contributed by atoms with Crippen LogP contribution in [-0.2, 0) is 11.3 Å². The summed E-state index contributed by atoms with van der Waals surface area (Å²) in [7, 11) is 0. The lowest BCUT2D eigenvalue weighted by atomic mass is 10.1. The van der Waals surface area contributed by atoms with Crippen LogP contribution in [0.15, 0.2) is 23.6 Å². The Hall–Kier alpha value is -2.00. The lowest BCUT2D eigenvalue weighted by Gasteiger charge is -2.27. The maximum absolute atomic E-state index is 12.6. The molecule has 2 heterocycles. The second kappa shape index (κ2) is 9.09. The minimum Gasteiger partial charge on any atom is -0.378 e. The smallest absolute Gasteiger partial charge is 0.275 e. The molecule has 26 heavy (non-hydrogen) atoms. The quantitative estimate of drug-likeness (QED) is 0.824. The van der Waals surface area contributed by atoms with Crippen LogP contribution in [0.1, 0.15) is 31.4 Å². The summed E-state index contributed by atoms with van der Waals surface area (Å²) in [6.45, 7) is 4.44. The van der Waals surface area contributed by atoms with Crippen LogP contribution >= 0.6 is 23.7 Å². The minimum absolute atomic E-state index is 0. The Labute approximate surface area is 162 Å². The Morgan fingerprint density at radius 3 is 2.73 bits per heavy atom. The van der Waals surface area contributed by atoms with Gasteiger partial charge in [0.15, 0.2) is 0 Å². The average molecular weight is 397 g/mol. The third kappa shape index (κ3) is 4.59. The number of halogens is 1. The SMILES string of the molecule is Cc1ccc(C(=O)N2CCOCC2)cc1NC(=O)c1csc(CN)n1.Cl. The Kier molecular flexibility index (Phi) is 7.10. The van der Waals surface area contributed by atoms with E-state index in [0.717, 1.165) is 5.56 Å². The second-order valence-electron chi connectivity index (χ2n) is 5.72. The maximum Gasteiger partial charge on any atom is 0.275 e. The number of carbonyl (C=O) groups is 2. The second-order valence-corrected chi connectivity index (χ2v) is 6.66. The number of thiazole rings is 1. The molecule has 1 saturated heterocycles. The number of rotatable bonds is 4. The fraction of sp³-hybridized carbons (Fsp3) is 0.353. The van der Waals surface area contributed by atoms with Gasteiger partial charge in [0.2, 0.25) is 0 Å². The van der Waals surface area contributed by atoms with E-state index in [1.807, 2.05) is 13.0 Å². The summed E-state index contributed by atoms with van der Waals surface area (Å²) in [4.78, 5) is 30.9. The monoisotopic (exact) mass is 396 g/mol. The van der Waals surface area contributed by atoms with Gasteiger partial charge in [-0.05, 0) is 24.6 Å². The first-order valence-corrected chi connectivity index (χ1v) is 8.90. The van der Waals surface area contributed by atoms with Gasteiger partial charge in [-0.25, -0.2) is 4.98 Å². The summed E-state index contributed by atoms with van der Waals surface area (Å²) in [5.41, 5.74) is 7.88. The van der Waals surface area contributed by atoms with Gasteiger partial charge in [-0.3, -0.25) is 9.59 Å². The highest BCUT2D eigenvalue weighted by atomic mass is 35.5. The third-order valence-electron chi connectivity index (χ3n) is 3.99. The summed E-state index contributed by atoms with van der Waals surface area (Å²) in [5, 5.41) is 5.21. The molecule has 0 spiro atoms. The fourth-order valence-corrected chi connectivity index (χ4v) is 3.19. The van der Waals surface area contributed by atoms with Crippen molar-refractivity contribution in [2.45, 2.75) is 13.5 Å². The average Bonchev–Trinajstić information content (AvgIpc) is 3.13. The van der Waals surface area contributed by atoms with E-state index in [0.29, 0.717) is 54.8 Å². The van der Waals surface area contributed by atoms with Crippen LogP contribution < -0.4 is 11.1 Å².